The molecule has 1 atom stereocenters. The highest BCUT2D eigenvalue weighted by molar-refractivity contribution is 5.84. The van der Waals surface area contributed by atoms with Crippen LogP contribution in [-0.4, -0.2) is 42.9 Å². The molecule has 1 aliphatic rings. The van der Waals surface area contributed by atoms with Gasteiger partial charge in [0.25, 0.3) is 0 Å². The number of benzene rings is 2. The van der Waals surface area contributed by atoms with Gasteiger partial charge < -0.3 is 25.8 Å². The van der Waals surface area contributed by atoms with Crippen molar-refractivity contribution < 1.29 is 23.9 Å². The van der Waals surface area contributed by atoms with Crippen LogP contribution in [0.5, 0.6) is 0 Å². The Morgan fingerprint density at radius 2 is 1.53 bits per heavy atom. The van der Waals surface area contributed by atoms with Gasteiger partial charge in [-0.3, -0.25) is 4.79 Å². The normalized spacial score (nSPS) is 13.4. The van der Waals surface area contributed by atoms with Gasteiger partial charge in [-0.05, 0) is 62.3 Å². The lowest BCUT2D eigenvalue weighted by molar-refractivity contribution is -0.120. The first-order valence-electron chi connectivity index (χ1n) is 11.5. The molecule has 0 aromatic heterocycles. The Balaban J connectivity index is 1.46. The zero-order chi connectivity index (χ0) is 24.7. The molecule has 3 rings (SSSR count). The number of hydrogen-bond acceptors (Lipinski definition) is 5. The molecule has 0 unspecified atom stereocenters. The maximum atomic E-state index is 12.4. The molecule has 0 bridgehead atoms. The minimum Gasteiger partial charge on any atom is -0.449 e. The van der Waals surface area contributed by atoms with Gasteiger partial charge in [-0.1, -0.05) is 48.5 Å². The molecule has 0 aliphatic heterocycles. The first kappa shape index (κ1) is 25.1. The molecule has 0 spiro atoms. The molecule has 0 heterocycles. The second-order valence-corrected chi connectivity index (χ2v) is 9.35. The van der Waals surface area contributed by atoms with E-state index in [9.17, 15) is 14.4 Å². The fraction of sp³-hybridized carbons (Fsp3) is 0.423. The van der Waals surface area contributed by atoms with Crippen molar-refractivity contribution in [2.45, 2.75) is 57.6 Å². The number of carbonyl (C=O) groups is 3. The molecule has 2 aromatic carbocycles. The van der Waals surface area contributed by atoms with Crippen LogP contribution in [-0.2, 0) is 14.3 Å². The lowest BCUT2D eigenvalue weighted by Gasteiger charge is -2.20. The van der Waals surface area contributed by atoms with E-state index in [0.717, 1.165) is 22.3 Å². The van der Waals surface area contributed by atoms with E-state index in [1.807, 2.05) is 36.4 Å². The number of carbonyl (C=O) groups excluding carboxylic acids is 3. The predicted octanol–water partition coefficient (Wildman–Crippen LogP) is 4.07. The van der Waals surface area contributed by atoms with Crippen LogP contribution < -0.4 is 16.4 Å². The average Bonchev–Trinajstić information content (AvgIpc) is 3.09. The molecule has 8 heteroatoms. The van der Waals surface area contributed by atoms with E-state index in [-0.39, 0.29) is 12.5 Å². The lowest BCUT2D eigenvalue weighted by atomic mass is 9.98. The van der Waals surface area contributed by atoms with Crippen molar-refractivity contribution in [1.29, 1.82) is 0 Å². The maximum Gasteiger partial charge on any atom is 0.407 e. The maximum absolute atomic E-state index is 12.4. The average molecular weight is 468 g/mol. The Kier molecular flexibility index (Phi) is 8.15. The number of nitrogens with one attached hydrogen (secondary N) is 2. The molecule has 0 radical (unpaired) electrons. The van der Waals surface area contributed by atoms with Crippen molar-refractivity contribution in [3.05, 3.63) is 59.7 Å². The Labute approximate surface area is 200 Å². The molecule has 34 heavy (non-hydrogen) atoms. The van der Waals surface area contributed by atoms with Crippen LogP contribution in [0.4, 0.5) is 9.59 Å². The van der Waals surface area contributed by atoms with Crippen molar-refractivity contribution in [1.82, 2.24) is 10.6 Å². The van der Waals surface area contributed by atoms with Gasteiger partial charge in [0.05, 0.1) is 0 Å². The van der Waals surface area contributed by atoms with Gasteiger partial charge in [-0.2, -0.15) is 0 Å². The zero-order valence-electron chi connectivity index (χ0n) is 19.9. The van der Waals surface area contributed by atoms with E-state index in [1.54, 1.807) is 20.8 Å². The molecule has 1 aliphatic carbocycles. The summed E-state index contributed by atoms with van der Waals surface area (Å²) in [6.45, 7) is 5.92. The number of rotatable bonds is 9. The van der Waals surface area contributed by atoms with Crippen LogP contribution in [0.2, 0.25) is 0 Å². The third-order valence-corrected chi connectivity index (χ3v) is 5.57. The third-order valence-electron chi connectivity index (χ3n) is 5.57. The summed E-state index contributed by atoms with van der Waals surface area (Å²) in [6.07, 6.45) is 0.353. The third kappa shape index (κ3) is 6.73. The molecule has 0 saturated heterocycles. The minimum absolute atomic E-state index is 0.0656. The van der Waals surface area contributed by atoms with E-state index in [0.29, 0.717) is 25.8 Å². The first-order valence-corrected chi connectivity index (χ1v) is 11.5. The van der Waals surface area contributed by atoms with Crippen LogP contribution in [0, 0.1) is 0 Å². The van der Waals surface area contributed by atoms with Gasteiger partial charge in [0, 0.05) is 12.5 Å². The van der Waals surface area contributed by atoms with Crippen LogP contribution in [0.3, 0.4) is 0 Å². The number of alkyl carbamates (subject to hydrolysis) is 2. The van der Waals surface area contributed by atoms with E-state index in [4.69, 9.17) is 15.2 Å². The molecule has 0 fully saturated rings. The summed E-state index contributed by atoms with van der Waals surface area (Å²) in [4.78, 5) is 35.9. The molecule has 0 saturated carbocycles. The number of hydrogen-bond donors (Lipinski definition) is 3. The quantitative estimate of drug-likeness (QED) is 0.480. The fourth-order valence-electron chi connectivity index (χ4n) is 4.05. The standard InChI is InChI=1S/C26H33N3O5/c1-26(2,3)34-24(31)28-15-9-8-14-22(23(27)30)29-25(32)33-16-21-19-12-6-4-10-17(19)18-11-5-7-13-20(18)21/h4-7,10-13,21-22H,8-9,14-16H2,1-3H3,(H2,27,30)(H,28,31)(H,29,32)/t22-/m0/s1. The second kappa shape index (κ2) is 11.0. The van der Waals surface area contributed by atoms with Crippen molar-refractivity contribution >= 4 is 18.1 Å². The fourth-order valence-corrected chi connectivity index (χ4v) is 4.05. The summed E-state index contributed by atoms with van der Waals surface area (Å²) >= 11 is 0. The van der Waals surface area contributed by atoms with Crippen molar-refractivity contribution in [3.63, 3.8) is 0 Å². The van der Waals surface area contributed by atoms with E-state index < -0.39 is 29.7 Å². The van der Waals surface area contributed by atoms with Gasteiger partial charge in [0.2, 0.25) is 5.91 Å². The number of ether oxygens (including phenoxy) is 2. The number of amides is 3. The van der Waals surface area contributed by atoms with Gasteiger partial charge in [-0.15, -0.1) is 0 Å². The van der Waals surface area contributed by atoms with Crippen molar-refractivity contribution in [2.24, 2.45) is 5.73 Å². The SMILES string of the molecule is CC(C)(C)OC(=O)NCCCC[C@H](NC(=O)OCC1c2ccccc2-c2ccccc21)C(N)=O. The number of fused-ring (bicyclic) bond motifs is 3. The predicted molar refractivity (Wildman–Crippen MR) is 129 cm³/mol. The van der Waals surface area contributed by atoms with Crippen LogP contribution in [0.1, 0.15) is 57.1 Å². The van der Waals surface area contributed by atoms with Crippen molar-refractivity contribution in [3.8, 4) is 11.1 Å². The summed E-state index contributed by atoms with van der Waals surface area (Å²) in [5.74, 6) is -0.697. The highest BCUT2D eigenvalue weighted by atomic mass is 16.6. The van der Waals surface area contributed by atoms with Gasteiger partial charge >= 0.3 is 12.2 Å². The minimum atomic E-state index is -0.850. The highest BCUT2D eigenvalue weighted by Gasteiger charge is 2.29. The Morgan fingerprint density at radius 1 is 0.941 bits per heavy atom. The van der Waals surface area contributed by atoms with Crippen LogP contribution in [0.25, 0.3) is 11.1 Å². The lowest BCUT2D eigenvalue weighted by Crippen LogP contribution is -2.45. The monoisotopic (exact) mass is 467 g/mol. The second-order valence-electron chi connectivity index (χ2n) is 9.35. The zero-order valence-corrected chi connectivity index (χ0v) is 19.9. The van der Waals surface area contributed by atoms with Gasteiger partial charge in [-0.25, -0.2) is 9.59 Å². The summed E-state index contributed by atoms with van der Waals surface area (Å²) < 4.78 is 10.7. The number of nitrogens with two attached hydrogens (primary N) is 1. The van der Waals surface area contributed by atoms with Crippen LogP contribution >= 0.6 is 0 Å². The van der Waals surface area contributed by atoms with Crippen molar-refractivity contribution in [2.75, 3.05) is 13.2 Å². The Morgan fingerprint density at radius 3 is 2.09 bits per heavy atom. The Bertz CT molecular complexity index is 986. The molecule has 3 amide bonds. The number of unbranched alkanes of at least 4 members (excludes halogenated alkanes) is 1. The Hall–Kier alpha value is -3.55. The summed E-state index contributed by atoms with van der Waals surface area (Å²) in [5.41, 5.74) is 9.41. The van der Waals surface area contributed by atoms with Gasteiger partial charge in [0.15, 0.2) is 0 Å². The molecular formula is C26H33N3O5. The summed E-state index contributed by atoms with van der Waals surface area (Å²) in [6, 6.07) is 15.3. The molecule has 8 nitrogen and oxygen atoms in total. The molecule has 2 aromatic rings. The summed E-state index contributed by atoms with van der Waals surface area (Å²) in [7, 11) is 0. The molecular weight excluding hydrogens is 434 g/mol. The smallest absolute Gasteiger partial charge is 0.407 e. The summed E-state index contributed by atoms with van der Waals surface area (Å²) in [5, 5.41) is 5.23. The largest absolute Gasteiger partial charge is 0.449 e. The first-order chi connectivity index (χ1) is 16.2. The van der Waals surface area contributed by atoms with E-state index in [1.165, 1.54) is 0 Å². The van der Waals surface area contributed by atoms with E-state index >= 15 is 0 Å². The van der Waals surface area contributed by atoms with Gasteiger partial charge in [0.1, 0.15) is 18.2 Å². The molecule has 182 valence electrons. The van der Waals surface area contributed by atoms with E-state index in [2.05, 4.69) is 22.8 Å². The number of primary amides is 1. The topological polar surface area (TPSA) is 120 Å². The molecule has 4 N–H and O–H groups in total. The highest BCUT2D eigenvalue weighted by Crippen LogP contribution is 2.44. The van der Waals surface area contributed by atoms with Crippen LogP contribution in [0.15, 0.2) is 48.5 Å².